The van der Waals surface area contributed by atoms with Crippen molar-refractivity contribution in [2.75, 3.05) is 18.1 Å². The Balaban J connectivity index is 2.17. The number of morpholine rings is 1. The fraction of sp³-hybridized carbons (Fsp3) is 0.600. The topological polar surface area (TPSA) is 38.2 Å². The van der Waals surface area contributed by atoms with E-state index < -0.39 is 0 Å². The molecule has 2 atom stereocenters. The SMILES string of the molecule is C[C@@H]1OCCN(c2ncccn2)[C@H]1C. The number of hydrogen-bond donors (Lipinski definition) is 0. The van der Waals surface area contributed by atoms with Gasteiger partial charge in [-0.05, 0) is 19.9 Å². The summed E-state index contributed by atoms with van der Waals surface area (Å²) in [6.45, 7) is 5.85. The van der Waals surface area contributed by atoms with Crippen LogP contribution in [0.25, 0.3) is 0 Å². The second kappa shape index (κ2) is 3.92. The highest BCUT2D eigenvalue weighted by Gasteiger charge is 2.26. The van der Waals surface area contributed by atoms with Gasteiger partial charge in [0, 0.05) is 18.9 Å². The van der Waals surface area contributed by atoms with Gasteiger partial charge in [0.2, 0.25) is 5.95 Å². The average molecular weight is 193 g/mol. The standard InChI is InChI=1S/C10H15N3O/c1-8-9(2)14-7-6-13(8)10-11-4-3-5-12-10/h3-5,8-9H,6-7H2,1-2H3/t8-,9-/m0/s1. The van der Waals surface area contributed by atoms with Crippen molar-refractivity contribution in [3.8, 4) is 0 Å². The maximum absolute atomic E-state index is 5.54. The van der Waals surface area contributed by atoms with Crippen molar-refractivity contribution in [1.29, 1.82) is 0 Å². The highest BCUT2D eigenvalue weighted by atomic mass is 16.5. The molecule has 1 aliphatic heterocycles. The average Bonchev–Trinajstić information content (AvgIpc) is 2.23. The third-order valence-electron chi connectivity index (χ3n) is 2.69. The van der Waals surface area contributed by atoms with Crippen molar-refractivity contribution in [2.24, 2.45) is 0 Å². The highest BCUT2D eigenvalue weighted by molar-refractivity contribution is 5.31. The highest BCUT2D eigenvalue weighted by Crippen LogP contribution is 2.17. The van der Waals surface area contributed by atoms with Crippen molar-refractivity contribution in [3.05, 3.63) is 18.5 Å². The van der Waals surface area contributed by atoms with Gasteiger partial charge in [-0.25, -0.2) is 9.97 Å². The number of anilines is 1. The van der Waals surface area contributed by atoms with Crippen molar-refractivity contribution in [2.45, 2.75) is 26.0 Å². The zero-order valence-corrected chi connectivity index (χ0v) is 8.55. The van der Waals surface area contributed by atoms with Gasteiger partial charge >= 0.3 is 0 Å². The summed E-state index contributed by atoms with van der Waals surface area (Å²) in [4.78, 5) is 10.7. The van der Waals surface area contributed by atoms with E-state index in [1.54, 1.807) is 12.4 Å². The zero-order valence-electron chi connectivity index (χ0n) is 8.55. The number of hydrogen-bond acceptors (Lipinski definition) is 4. The van der Waals surface area contributed by atoms with Crippen LogP contribution in [0.15, 0.2) is 18.5 Å². The molecule has 1 saturated heterocycles. The first-order chi connectivity index (χ1) is 6.79. The van der Waals surface area contributed by atoms with Crippen LogP contribution in [-0.2, 0) is 4.74 Å². The predicted octanol–water partition coefficient (Wildman–Crippen LogP) is 1.09. The Hall–Kier alpha value is -1.16. The van der Waals surface area contributed by atoms with Gasteiger partial charge in [-0.3, -0.25) is 0 Å². The summed E-state index contributed by atoms with van der Waals surface area (Å²) in [5.74, 6) is 0.801. The maximum atomic E-state index is 5.54. The lowest BCUT2D eigenvalue weighted by atomic mass is 10.1. The van der Waals surface area contributed by atoms with E-state index in [1.807, 2.05) is 6.07 Å². The van der Waals surface area contributed by atoms with Crippen molar-refractivity contribution in [3.63, 3.8) is 0 Å². The monoisotopic (exact) mass is 193 g/mol. The molecule has 76 valence electrons. The smallest absolute Gasteiger partial charge is 0.225 e. The van der Waals surface area contributed by atoms with E-state index in [9.17, 15) is 0 Å². The lowest BCUT2D eigenvalue weighted by Crippen LogP contribution is -2.49. The lowest BCUT2D eigenvalue weighted by molar-refractivity contribution is 0.0277. The minimum Gasteiger partial charge on any atom is -0.375 e. The molecule has 4 nitrogen and oxygen atoms in total. The second-order valence-electron chi connectivity index (χ2n) is 3.56. The fourth-order valence-corrected chi connectivity index (χ4v) is 1.65. The Kier molecular flexibility index (Phi) is 2.63. The summed E-state index contributed by atoms with van der Waals surface area (Å²) in [5.41, 5.74) is 0. The van der Waals surface area contributed by atoms with E-state index >= 15 is 0 Å². The summed E-state index contributed by atoms with van der Waals surface area (Å²) in [5, 5.41) is 0. The van der Waals surface area contributed by atoms with E-state index in [2.05, 4.69) is 28.7 Å². The minimum absolute atomic E-state index is 0.243. The molecular formula is C10H15N3O. The van der Waals surface area contributed by atoms with Crippen molar-refractivity contribution in [1.82, 2.24) is 9.97 Å². The molecular weight excluding hydrogens is 178 g/mol. The third-order valence-corrected chi connectivity index (χ3v) is 2.69. The number of rotatable bonds is 1. The van der Waals surface area contributed by atoms with Crippen LogP contribution in [0.4, 0.5) is 5.95 Å². The van der Waals surface area contributed by atoms with Crippen LogP contribution in [0, 0.1) is 0 Å². The Bertz CT molecular complexity index is 291. The normalized spacial score (nSPS) is 27.7. The van der Waals surface area contributed by atoms with E-state index in [4.69, 9.17) is 4.74 Å². The number of nitrogens with zero attached hydrogens (tertiary/aromatic N) is 3. The molecule has 0 spiro atoms. The van der Waals surface area contributed by atoms with Gasteiger partial charge in [-0.2, -0.15) is 0 Å². The Morgan fingerprint density at radius 1 is 1.36 bits per heavy atom. The lowest BCUT2D eigenvalue weighted by Gasteiger charge is -2.37. The molecule has 4 heteroatoms. The Morgan fingerprint density at radius 3 is 2.79 bits per heavy atom. The van der Waals surface area contributed by atoms with E-state index in [0.29, 0.717) is 6.04 Å². The molecule has 0 unspecified atom stereocenters. The van der Waals surface area contributed by atoms with Crippen LogP contribution in [0.1, 0.15) is 13.8 Å². The van der Waals surface area contributed by atoms with Gasteiger partial charge in [0.1, 0.15) is 0 Å². The zero-order chi connectivity index (χ0) is 9.97. The first-order valence-corrected chi connectivity index (χ1v) is 4.94. The minimum atomic E-state index is 0.243. The summed E-state index contributed by atoms with van der Waals surface area (Å²) >= 11 is 0. The van der Waals surface area contributed by atoms with Gasteiger partial charge in [0.25, 0.3) is 0 Å². The number of aromatic nitrogens is 2. The molecule has 0 saturated carbocycles. The molecule has 2 heterocycles. The van der Waals surface area contributed by atoms with Gasteiger partial charge in [0.15, 0.2) is 0 Å². The first-order valence-electron chi connectivity index (χ1n) is 4.94. The number of ether oxygens (including phenoxy) is 1. The maximum Gasteiger partial charge on any atom is 0.225 e. The summed E-state index contributed by atoms with van der Waals surface area (Å²) in [6, 6.07) is 2.17. The molecule has 14 heavy (non-hydrogen) atoms. The van der Waals surface area contributed by atoms with Gasteiger partial charge < -0.3 is 9.64 Å². The molecule has 0 bridgehead atoms. The van der Waals surface area contributed by atoms with Crippen LogP contribution in [0.3, 0.4) is 0 Å². The summed E-state index contributed by atoms with van der Waals surface area (Å²) in [6.07, 6.45) is 3.79. The van der Waals surface area contributed by atoms with Gasteiger partial charge in [-0.1, -0.05) is 0 Å². The molecule has 0 N–H and O–H groups in total. The van der Waals surface area contributed by atoms with E-state index in [1.165, 1.54) is 0 Å². The molecule has 1 fully saturated rings. The van der Waals surface area contributed by atoms with Gasteiger partial charge in [0.05, 0.1) is 18.8 Å². The molecule has 0 aliphatic carbocycles. The Morgan fingerprint density at radius 2 is 2.07 bits per heavy atom. The third kappa shape index (κ3) is 1.70. The molecule has 0 aromatic carbocycles. The molecule has 1 aliphatic rings. The molecule has 0 amide bonds. The molecule has 2 rings (SSSR count). The van der Waals surface area contributed by atoms with Crippen LogP contribution < -0.4 is 4.90 Å². The van der Waals surface area contributed by atoms with Crippen LogP contribution in [0.5, 0.6) is 0 Å². The van der Waals surface area contributed by atoms with E-state index in [-0.39, 0.29) is 6.10 Å². The molecule has 1 aromatic rings. The van der Waals surface area contributed by atoms with Gasteiger partial charge in [-0.15, -0.1) is 0 Å². The largest absolute Gasteiger partial charge is 0.375 e. The van der Waals surface area contributed by atoms with E-state index in [0.717, 1.165) is 19.1 Å². The molecule has 0 radical (unpaired) electrons. The first kappa shape index (κ1) is 9.40. The molecule has 1 aromatic heterocycles. The van der Waals surface area contributed by atoms with Crippen molar-refractivity contribution >= 4 is 5.95 Å². The van der Waals surface area contributed by atoms with Crippen LogP contribution in [-0.4, -0.2) is 35.3 Å². The second-order valence-corrected chi connectivity index (χ2v) is 3.56. The summed E-state index contributed by atoms with van der Waals surface area (Å²) < 4.78 is 5.54. The summed E-state index contributed by atoms with van der Waals surface area (Å²) in [7, 11) is 0. The van der Waals surface area contributed by atoms with Crippen molar-refractivity contribution < 1.29 is 4.74 Å². The quantitative estimate of drug-likeness (QED) is 0.669. The predicted molar refractivity (Wildman–Crippen MR) is 54.3 cm³/mol. The Labute approximate surface area is 83.9 Å². The fourth-order valence-electron chi connectivity index (χ4n) is 1.65. The van der Waals surface area contributed by atoms with Crippen LogP contribution in [0.2, 0.25) is 0 Å². The van der Waals surface area contributed by atoms with Crippen LogP contribution >= 0.6 is 0 Å².